The molecule has 10 heteroatoms. The standard InChI is InChI=1S/C28H30FN7O2/c1-34(2)15-4-6-24(37)35-16-3-5-21(17-35)36-28-25(27(30)31-18-32-28)26(33-36)19-7-11-22(12-8-19)38-23-13-9-20(29)10-14-23/h4,6-14,18,21H,3,5,15-17H2,1-2H3,(H2,30,31,32)/b6-4+/t21-/m1/s1. The maximum atomic E-state index is 13.2. The predicted molar refractivity (Wildman–Crippen MR) is 144 cm³/mol. The van der Waals surface area contributed by atoms with Crippen LogP contribution in [0.4, 0.5) is 10.2 Å². The van der Waals surface area contributed by atoms with Crippen molar-refractivity contribution in [2.24, 2.45) is 0 Å². The van der Waals surface area contributed by atoms with Crippen molar-refractivity contribution in [2.75, 3.05) is 39.5 Å². The van der Waals surface area contributed by atoms with Gasteiger partial charge >= 0.3 is 0 Å². The van der Waals surface area contributed by atoms with Crippen molar-refractivity contribution in [3.8, 4) is 22.8 Å². The molecule has 0 spiro atoms. The minimum absolute atomic E-state index is 0.000817. The molecule has 0 radical (unpaired) electrons. The van der Waals surface area contributed by atoms with E-state index in [0.29, 0.717) is 53.7 Å². The van der Waals surface area contributed by atoms with Crippen LogP contribution >= 0.6 is 0 Å². The summed E-state index contributed by atoms with van der Waals surface area (Å²) in [6.45, 7) is 1.95. The molecule has 1 aliphatic heterocycles. The van der Waals surface area contributed by atoms with Gasteiger partial charge in [0.15, 0.2) is 5.65 Å². The molecule has 2 N–H and O–H groups in total. The minimum atomic E-state index is -0.318. The number of ether oxygens (including phenoxy) is 1. The number of hydrogen-bond acceptors (Lipinski definition) is 7. The number of hydrogen-bond donors (Lipinski definition) is 1. The number of carbonyl (C=O) groups excluding carboxylic acids is 1. The highest BCUT2D eigenvalue weighted by Crippen LogP contribution is 2.35. The van der Waals surface area contributed by atoms with E-state index >= 15 is 0 Å². The molecule has 5 rings (SSSR count). The van der Waals surface area contributed by atoms with Crippen LogP contribution in [0.5, 0.6) is 11.5 Å². The summed E-state index contributed by atoms with van der Waals surface area (Å²) in [5, 5.41) is 5.61. The summed E-state index contributed by atoms with van der Waals surface area (Å²) in [5.74, 6) is 1.18. The molecule has 1 fully saturated rings. The van der Waals surface area contributed by atoms with E-state index in [9.17, 15) is 9.18 Å². The Labute approximate surface area is 220 Å². The molecule has 2 aromatic heterocycles. The van der Waals surface area contributed by atoms with Crippen LogP contribution < -0.4 is 10.5 Å². The fourth-order valence-corrected chi connectivity index (χ4v) is 4.60. The number of nitrogen functional groups attached to an aromatic ring is 1. The second-order valence-electron chi connectivity index (χ2n) is 9.58. The van der Waals surface area contributed by atoms with Crippen molar-refractivity contribution < 1.29 is 13.9 Å². The van der Waals surface area contributed by atoms with Gasteiger partial charge in [-0.15, -0.1) is 0 Å². The average molecular weight is 516 g/mol. The van der Waals surface area contributed by atoms with Crippen LogP contribution in [-0.4, -0.2) is 69.2 Å². The second-order valence-corrected chi connectivity index (χ2v) is 9.58. The summed E-state index contributed by atoms with van der Waals surface area (Å²) >= 11 is 0. The summed E-state index contributed by atoms with van der Waals surface area (Å²) in [6, 6.07) is 13.3. The molecule has 0 unspecified atom stereocenters. The molecular formula is C28H30FN7O2. The van der Waals surface area contributed by atoms with Gasteiger partial charge in [-0.2, -0.15) is 5.10 Å². The Balaban J connectivity index is 1.41. The zero-order valence-corrected chi connectivity index (χ0v) is 21.4. The number of likely N-dealkylation sites (tertiary alicyclic amines) is 1. The molecule has 0 saturated carbocycles. The van der Waals surface area contributed by atoms with Crippen LogP contribution in [0, 0.1) is 5.82 Å². The fraction of sp³-hybridized carbons (Fsp3) is 0.286. The van der Waals surface area contributed by atoms with Gasteiger partial charge in [-0.25, -0.2) is 19.0 Å². The van der Waals surface area contributed by atoms with E-state index < -0.39 is 0 Å². The van der Waals surface area contributed by atoms with E-state index in [0.717, 1.165) is 18.4 Å². The highest BCUT2D eigenvalue weighted by atomic mass is 19.1. The second kappa shape index (κ2) is 11.0. The Bertz CT molecular complexity index is 1450. The number of anilines is 1. The van der Waals surface area contributed by atoms with Crippen molar-refractivity contribution in [3.05, 3.63) is 72.8 Å². The number of benzene rings is 2. The molecule has 0 aliphatic carbocycles. The predicted octanol–water partition coefficient (Wildman–Crippen LogP) is 4.29. The van der Waals surface area contributed by atoms with Crippen molar-refractivity contribution in [1.29, 1.82) is 0 Å². The van der Waals surface area contributed by atoms with Crippen LogP contribution in [0.3, 0.4) is 0 Å². The highest BCUT2D eigenvalue weighted by molar-refractivity contribution is 5.98. The smallest absolute Gasteiger partial charge is 0.246 e. The Morgan fingerprint density at radius 2 is 1.84 bits per heavy atom. The fourth-order valence-electron chi connectivity index (χ4n) is 4.60. The van der Waals surface area contributed by atoms with Gasteiger partial charge in [0.05, 0.1) is 11.4 Å². The Morgan fingerprint density at radius 3 is 2.55 bits per heavy atom. The number of amides is 1. The van der Waals surface area contributed by atoms with Crippen LogP contribution in [0.15, 0.2) is 67.0 Å². The summed E-state index contributed by atoms with van der Waals surface area (Å²) in [6.07, 6.45) is 6.70. The zero-order chi connectivity index (χ0) is 26.6. The van der Waals surface area contributed by atoms with Crippen LogP contribution in [0.2, 0.25) is 0 Å². The summed E-state index contributed by atoms with van der Waals surface area (Å²) in [7, 11) is 3.93. The lowest BCUT2D eigenvalue weighted by Crippen LogP contribution is -2.40. The van der Waals surface area contributed by atoms with Crippen molar-refractivity contribution in [1.82, 2.24) is 29.5 Å². The monoisotopic (exact) mass is 515 g/mol. The van der Waals surface area contributed by atoms with Crippen LogP contribution in [-0.2, 0) is 4.79 Å². The Kier molecular flexibility index (Phi) is 7.32. The van der Waals surface area contributed by atoms with E-state index in [1.807, 2.05) is 58.9 Å². The lowest BCUT2D eigenvalue weighted by molar-refractivity contribution is -0.127. The molecule has 1 aliphatic rings. The first-order valence-corrected chi connectivity index (χ1v) is 12.5. The molecule has 4 aromatic rings. The van der Waals surface area contributed by atoms with Gasteiger partial charge in [-0.05, 0) is 75.5 Å². The Hall–Kier alpha value is -4.31. The first kappa shape index (κ1) is 25.3. The number of nitrogens with two attached hydrogens (primary N) is 1. The van der Waals surface area contributed by atoms with Crippen LogP contribution in [0.1, 0.15) is 18.9 Å². The van der Waals surface area contributed by atoms with Gasteiger partial charge in [-0.3, -0.25) is 4.79 Å². The third-order valence-corrected chi connectivity index (χ3v) is 6.48. The molecule has 1 saturated heterocycles. The van der Waals surface area contributed by atoms with E-state index in [1.165, 1.54) is 18.5 Å². The number of nitrogens with zero attached hydrogens (tertiary/aromatic N) is 6. The maximum Gasteiger partial charge on any atom is 0.246 e. The quantitative estimate of drug-likeness (QED) is 0.366. The first-order chi connectivity index (χ1) is 18.4. The average Bonchev–Trinajstić information content (AvgIpc) is 3.31. The molecule has 0 bridgehead atoms. The number of rotatable bonds is 7. The number of halogens is 1. The van der Waals surface area contributed by atoms with Gasteiger partial charge in [0.2, 0.25) is 5.91 Å². The van der Waals surface area contributed by atoms with E-state index in [-0.39, 0.29) is 17.8 Å². The number of aromatic nitrogens is 4. The van der Waals surface area contributed by atoms with Gasteiger partial charge in [0.1, 0.15) is 35.2 Å². The highest BCUT2D eigenvalue weighted by Gasteiger charge is 2.28. The van der Waals surface area contributed by atoms with Gasteiger partial charge in [0.25, 0.3) is 0 Å². The molecule has 3 heterocycles. The van der Waals surface area contributed by atoms with E-state index in [2.05, 4.69) is 9.97 Å². The van der Waals surface area contributed by atoms with E-state index in [4.69, 9.17) is 15.6 Å². The lowest BCUT2D eigenvalue weighted by Gasteiger charge is -2.32. The third-order valence-electron chi connectivity index (χ3n) is 6.48. The van der Waals surface area contributed by atoms with Crippen LogP contribution in [0.25, 0.3) is 22.3 Å². The summed E-state index contributed by atoms with van der Waals surface area (Å²) in [4.78, 5) is 25.4. The SMILES string of the molecule is CN(C)C/C=C/C(=O)N1CCC[C@@H](n2nc(-c3ccc(Oc4ccc(F)cc4)cc3)c3c(N)ncnc32)C1. The molecule has 1 atom stereocenters. The summed E-state index contributed by atoms with van der Waals surface area (Å²) < 4.78 is 20.9. The Morgan fingerprint density at radius 1 is 1.13 bits per heavy atom. The molecule has 9 nitrogen and oxygen atoms in total. The number of piperidine rings is 1. The molecule has 2 aromatic carbocycles. The molecule has 1 amide bonds. The van der Waals surface area contributed by atoms with Gasteiger partial charge < -0.3 is 20.3 Å². The molecular weight excluding hydrogens is 485 g/mol. The lowest BCUT2D eigenvalue weighted by atomic mass is 10.1. The minimum Gasteiger partial charge on any atom is -0.457 e. The van der Waals surface area contributed by atoms with Gasteiger partial charge in [0, 0.05) is 31.3 Å². The number of carbonyl (C=O) groups is 1. The largest absolute Gasteiger partial charge is 0.457 e. The molecule has 196 valence electrons. The molecule has 38 heavy (non-hydrogen) atoms. The van der Waals surface area contributed by atoms with Crippen molar-refractivity contribution in [2.45, 2.75) is 18.9 Å². The van der Waals surface area contributed by atoms with E-state index in [1.54, 1.807) is 18.2 Å². The third kappa shape index (κ3) is 5.50. The summed E-state index contributed by atoms with van der Waals surface area (Å²) in [5.41, 5.74) is 8.44. The number of likely N-dealkylation sites (N-methyl/N-ethyl adjacent to an activating group) is 1. The number of fused-ring (bicyclic) bond motifs is 1. The normalized spacial score (nSPS) is 16.0. The van der Waals surface area contributed by atoms with Crippen molar-refractivity contribution in [3.63, 3.8) is 0 Å². The van der Waals surface area contributed by atoms with Gasteiger partial charge in [-0.1, -0.05) is 6.08 Å². The maximum absolute atomic E-state index is 13.2. The first-order valence-electron chi connectivity index (χ1n) is 12.5. The zero-order valence-electron chi connectivity index (χ0n) is 21.4. The topological polar surface area (TPSA) is 102 Å². The van der Waals surface area contributed by atoms with Crippen molar-refractivity contribution >= 4 is 22.8 Å².